The second-order valence-electron chi connectivity index (χ2n) is 6.49. The Kier molecular flexibility index (Phi) is 6.16. The third-order valence-corrected chi connectivity index (χ3v) is 4.43. The maximum atomic E-state index is 12.6. The fraction of sp³-hybridized carbons (Fsp3) is 0.250. The van der Waals surface area contributed by atoms with Crippen LogP contribution < -0.4 is 10.6 Å². The van der Waals surface area contributed by atoms with Gasteiger partial charge in [0.1, 0.15) is 5.41 Å². The number of anilines is 1. The first-order chi connectivity index (χ1) is 12.2. The van der Waals surface area contributed by atoms with Crippen LogP contribution in [0, 0.1) is 5.41 Å². The summed E-state index contributed by atoms with van der Waals surface area (Å²) in [5.41, 5.74) is 0.430. The molecule has 0 saturated carbocycles. The lowest BCUT2D eigenvalue weighted by Gasteiger charge is -2.23. The molecule has 2 aromatic rings. The van der Waals surface area contributed by atoms with Gasteiger partial charge in [-0.3, -0.25) is 14.4 Å². The number of rotatable bonds is 6. The molecule has 0 radical (unpaired) electrons. The second-order valence-corrected chi connectivity index (χ2v) is 6.90. The summed E-state index contributed by atoms with van der Waals surface area (Å²) < 4.78 is 0. The van der Waals surface area contributed by atoms with Gasteiger partial charge in [0, 0.05) is 22.8 Å². The maximum Gasteiger partial charge on any atom is 0.239 e. The van der Waals surface area contributed by atoms with Crippen molar-refractivity contribution in [3.05, 3.63) is 64.7 Å². The van der Waals surface area contributed by atoms with Gasteiger partial charge in [0.05, 0.1) is 0 Å². The van der Waals surface area contributed by atoms with Crippen molar-refractivity contribution in [3.8, 4) is 0 Å². The van der Waals surface area contributed by atoms with E-state index in [2.05, 4.69) is 10.6 Å². The van der Waals surface area contributed by atoms with Crippen LogP contribution in [-0.2, 0) is 16.1 Å². The van der Waals surface area contributed by atoms with Gasteiger partial charge in [-0.05, 0) is 44.5 Å². The highest BCUT2D eigenvalue weighted by Gasteiger charge is 2.36. The van der Waals surface area contributed by atoms with Crippen molar-refractivity contribution in [2.45, 2.75) is 27.3 Å². The zero-order valence-corrected chi connectivity index (χ0v) is 15.7. The van der Waals surface area contributed by atoms with E-state index in [0.29, 0.717) is 16.3 Å². The van der Waals surface area contributed by atoms with Gasteiger partial charge in [0.15, 0.2) is 5.78 Å². The van der Waals surface area contributed by atoms with Crippen LogP contribution >= 0.6 is 11.6 Å². The monoisotopic (exact) mass is 372 g/mol. The maximum absolute atomic E-state index is 12.6. The minimum atomic E-state index is -1.30. The number of ketones is 1. The van der Waals surface area contributed by atoms with E-state index in [0.717, 1.165) is 5.56 Å². The third kappa shape index (κ3) is 4.70. The van der Waals surface area contributed by atoms with E-state index in [-0.39, 0.29) is 12.3 Å². The van der Waals surface area contributed by atoms with Crippen molar-refractivity contribution in [1.82, 2.24) is 5.32 Å². The molecule has 2 rings (SSSR count). The smallest absolute Gasteiger partial charge is 0.239 e. The molecular formula is C20H21ClN2O3. The third-order valence-electron chi connectivity index (χ3n) is 4.06. The van der Waals surface area contributed by atoms with E-state index in [1.807, 2.05) is 12.1 Å². The van der Waals surface area contributed by atoms with Crippen molar-refractivity contribution < 1.29 is 14.4 Å². The molecule has 0 aliphatic rings. The standard InChI is InChI=1S/C20H21ClN2O3/c1-13(24)14-8-6-9-16(11-14)23-19(26)20(2,3)18(25)22-12-15-7-4-5-10-17(15)21/h4-11H,12H2,1-3H3,(H,22,25)(H,23,26). The van der Waals surface area contributed by atoms with E-state index in [9.17, 15) is 14.4 Å². The lowest BCUT2D eigenvalue weighted by atomic mass is 9.90. The summed E-state index contributed by atoms with van der Waals surface area (Å²) in [7, 11) is 0. The molecule has 136 valence electrons. The molecule has 0 aromatic heterocycles. The number of halogens is 1. The van der Waals surface area contributed by atoms with E-state index in [1.165, 1.54) is 6.92 Å². The second kappa shape index (κ2) is 8.15. The van der Waals surface area contributed by atoms with Crippen LogP contribution in [0.25, 0.3) is 0 Å². The molecule has 2 N–H and O–H groups in total. The highest BCUT2D eigenvalue weighted by Crippen LogP contribution is 2.21. The van der Waals surface area contributed by atoms with Gasteiger partial charge < -0.3 is 10.6 Å². The summed E-state index contributed by atoms with van der Waals surface area (Å²) in [5, 5.41) is 5.98. The highest BCUT2D eigenvalue weighted by atomic mass is 35.5. The fourth-order valence-electron chi connectivity index (χ4n) is 2.24. The number of hydrogen-bond donors (Lipinski definition) is 2. The number of benzene rings is 2. The highest BCUT2D eigenvalue weighted by molar-refractivity contribution is 6.31. The number of carbonyl (C=O) groups excluding carboxylic acids is 3. The van der Waals surface area contributed by atoms with E-state index >= 15 is 0 Å². The van der Waals surface area contributed by atoms with Gasteiger partial charge in [-0.2, -0.15) is 0 Å². The topological polar surface area (TPSA) is 75.3 Å². The zero-order valence-electron chi connectivity index (χ0n) is 14.9. The van der Waals surface area contributed by atoms with Crippen LogP contribution in [0.2, 0.25) is 5.02 Å². The molecular weight excluding hydrogens is 352 g/mol. The van der Waals surface area contributed by atoms with Crippen LogP contribution in [0.5, 0.6) is 0 Å². The predicted molar refractivity (Wildman–Crippen MR) is 102 cm³/mol. The Morgan fingerprint density at radius 3 is 2.35 bits per heavy atom. The zero-order chi connectivity index (χ0) is 19.3. The molecule has 0 aliphatic carbocycles. The number of Topliss-reactive ketones (excluding diaryl/α,β-unsaturated/α-hetero) is 1. The lowest BCUT2D eigenvalue weighted by molar-refractivity contribution is -0.138. The summed E-state index contributed by atoms with van der Waals surface area (Å²) >= 11 is 6.07. The molecule has 0 heterocycles. The number of amides is 2. The van der Waals surface area contributed by atoms with Gasteiger partial charge in [0.2, 0.25) is 11.8 Å². The van der Waals surface area contributed by atoms with Crippen LogP contribution in [0.4, 0.5) is 5.69 Å². The Balaban J connectivity index is 2.04. The summed E-state index contributed by atoms with van der Waals surface area (Å²) in [4.78, 5) is 36.5. The van der Waals surface area contributed by atoms with E-state index in [1.54, 1.807) is 50.2 Å². The molecule has 0 bridgehead atoms. The van der Waals surface area contributed by atoms with Crippen molar-refractivity contribution in [2.75, 3.05) is 5.32 Å². The lowest BCUT2D eigenvalue weighted by Crippen LogP contribution is -2.44. The minimum Gasteiger partial charge on any atom is -0.351 e. The normalized spacial score (nSPS) is 10.9. The van der Waals surface area contributed by atoms with Crippen LogP contribution in [0.15, 0.2) is 48.5 Å². The summed E-state index contributed by atoms with van der Waals surface area (Å²) in [6.45, 7) is 4.76. The Hall–Kier alpha value is -2.66. The molecule has 0 spiro atoms. The molecule has 0 aliphatic heterocycles. The van der Waals surface area contributed by atoms with Gasteiger partial charge in [-0.15, -0.1) is 0 Å². The largest absolute Gasteiger partial charge is 0.351 e. The molecule has 5 nitrogen and oxygen atoms in total. The Bertz CT molecular complexity index is 846. The Morgan fingerprint density at radius 2 is 1.69 bits per heavy atom. The first kappa shape index (κ1) is 19.7. The number of nitrogens with one attached hydrogen (secondary N) is 2. The molecule has 6 heteroatoms. The van der Waals surface area contributed by atoms with Gasteiger partial charge in [0.25, 0.3) is 0 Å². The summed E-state index contributed by atoms with van der Waals surface area (Å²) in [6.07, 6.45) is 0. The molecule has 0 fully saturated rings. The van der Waals surface area contributed by atoms with Gasteiger partial charge >= 0.3 is 0 Å². The summed E-state index contributed by atoms with van der Waals surface area (Å²) in [6, 6.07) is 13.8. The Morgan fingerprint density at radius 1 is 1.00 bits per heavy atom. The van der Waals surface area contributed by atoms with Crippen molar-refractivity contribution in [3.63, 3.8) is 0 Å². The molecule has 0 unspecified atom stereocenters. The van der Waals surface area contributed by atoms with Gasteiger partial charge in [-0.25, -0.2) is 0 Å². The van der Waals surface area contributed by atoms with Crippen LogP contribution in [0.1, 0.15) is 36.7 Å². The SMILES string of the molecule is CC(=O)c1cccc(NC(=O)C(C)(C)C(=O)NCc2ccccc2Cl)c1. The number of carbonyl (C=O) groups is 3. The first-order valence-electron chi connectivity index (χ1n) is 8.16. The minimum absolute atomic E-state index is 0.0992. The van der Waals surface area contributed by atoms with Crippen molar-refractivity contribution in [2.24, 2.45) is 5.41 Å². The quantitative estimate of drug-likeness (QED) is 0.597. The Labute approximate surface area is 157 Å². The number of hydrogen-bond acceptors (Lipinski definition) is 3. The van der Waals surface area contributed by atoms with Crippen molar-refractivity contribution in [1.29, 1.82) is 0 Å². The van der Waals surface area contributed by atoms with E-state index in [4.69, 9.17) is 11.6 Å². The average Bonchev–Trinajstić information content (AvgIpc) is 2.60. The van der Waals surface area contributed by atoms with Gasteiger partial charge in [-0.1, -0.05) is 41.9 Å². The molecule has 26 heavy (non-hydrogen) atoms. The van der Waals surface area contributed by atoms with Crippen molar-refractivity contribution >= 4 is 34.9 Å². The molecule has 0 atom stereocenters. The molecule has 0 saturated heterocycles. The van der Waals surface area contributed by atoms with E-state index < -0.39 is 17.2 Å². The summed E-state index contributed by atoms with van der Waals surface area (Å²) in [5.74, 6) is -0.981. The van der Waals surface area contributed by atoms with Crippen LogP contribution in [-0.4, -0.2) is 17.6 Å². The first-order valence-corrected chi connectivity index (χ1v) is 8.54. The van der Waals surface area contributed by atoms with Crippen LogP contribution in [0.3, 0.4) is 0 Å². The fourth-order valence-corrected chi connectivity index (χ4v) is 2.45. The average molecular weight is 373 g/mol. The molecule has 2 aromatic carbocycles. The predicted octanol–water partition coefficient (Wildman–Crippen LogP) is 3.82. The molecule has 2 amide bonds.